The maximum atomic E-state index is 7.43. The Kier molecular flexibility index (Phi) is 5.55. The van der Waals surface area contributed by atoms with Crippen LogP contribution in [0.1, 0.15) is 11.1 Å². The molecule has 0 saturated heterocycles. The molecule has 0 aliphatic rings. The standard InChI is InChI=1S/C31H35N2OSi2/c1-19-15-25-23-13-11-21(32-3)16-28(23)34-31(25)30(20(19)2)27-18-29(36(8,9)10)24-14-12-22(35(5,6)7)17-26(24)33(27)4/h11-18H,1-2,4-10H3/q+1. The summed E-state index contributed by atoms with van der Waals surface area (Å²) in [6, 6.07) is 17.6. The minimum absolute atomic E-state index is 0.604. The number of hydrogen-bond acceptors (Lipinski definition) is 1. The van der Waals surface area contributed by atoms with Crippen molar-refractivity contribution in [3.05, 3.63) is 71.1 Å². The SMILES string of the molecule is [C-]#[N+]c1ccc2c(c1)oc1c(-c3cc([Si](C)(C)C)c4ccc([Si](C)(C)C)cc4[n+]3C)c(C)c(C)cc12. The molecule has 36 heavy (non-hydrogen) atoms. The van der Waals surface area contributed by atoms with Crippen molar-refractivity contribution in [1.82, 2.24) is 0 Å². The van der Waals surface area contributed by atoms with Gasteiger partial charge in [0.2, 0.25) is 11.2 Å². The topological polar surface area (TPSA) is 21.4 Å². The van der Waals surface area contributed by atoms with Crippen LogP contribution in [0.2, 0.25) is 39.3 Å². The Morgan fingerprint density at radius 1 is 0.806 bits per heavy atom. The Morgan fingerprint density at radius 3 is 2.14 bits per heavy atom. The van der Waals surface area contributed by atoms with Crippen LogP contribution >= 0.6 is 0 Å². The molecule has 0 aliphatic carbocycles. The van der Waals surface area contributed by atoms with Gasteiger partial charge in [0.15, 0.2) is 5.69 Å². The van der Waals surface area contributed by atoms with Gasteiger partial charge in [-0.15, -0.1) is 0 Å². The summed E-state index contributed by atoms with van der Waals surface area (Å²) >= 11 is 0. The number of furan rings is 1. The maximum absolute atomic E-state index is 7.43. The molecular formula is C31H35N2OSi2+. The minimum atomic E-state index is -1.66. The van der Waals surface area contributed by atoms with Gasteiger partial charge in [0.05, 0.1) is 28.3 Å². The number of hydrogen-bond donors (Lipinski definition) is 0. The smallest absolute Gasteiger partial charge is 0.216 e. The minimum Gasteiger partial charge on any atom is -0.456 e. The van der Waals surface area contributed by atoms with Crippen LogP contribution in [0.5, 0.6) is 0 Å². The highest BCUT2D eigenvalue weighted by Crippen LogP contribution is 2.39. The zero-order valence-electron chi connectivity index (χ0n) is 22.9. The highest BCUT2D eigenvalue weighted by atomic mass is 28.3. The Hall–Kier alpha value is -3.21. The van der Waals surface area contributed by atoms with Gasteiger partial charge in [0, 0.05) is 28.3 Å². The molecule has 3 nitrogen and oxygen atoms in total. The Labute approximate surface area is 216 Å². The lowest BCUT2D eigenvalue weighted by Gasteiger charge is -2.22. The molecule has 0 amide bonds. The van der Waals surface area contributed by atoms with Crippen LogP contribution in [-0.4, -0.2) is 16.1 Å². The third kappa shape index (κ3) is 3.80. The van der Waals surface area contributed by atoms with Crippen molar-refractivity contribution in [3.8, 4) is 11.3 Å². The summed E-state index contributed by atoms with van der Waals surface area (Å²) in [5.74, 6) is 0. The average Bonchev–Trinajstić information content (AvgIpc) is 3.16. The Morgan fingerprint density at radius 2 is 1.50 bits per heavy atom. The lowest BCUT2D eigenvalue weighted by atomic mass is 9.96. The molecule has 0 N–H and O–H groups in total. The first-order valence-corrected chi connectivity index (χ1v) is 19.6. The van der Waals surface area contributed by atoms with Crippen molar-refractivity contribution < 1.29 is 8.98 Å². The van der Waals surface area contributed by atoms with Gasteiger partial charge in [-0.3, -0.25) is 0 Å². The maximum Gasteiger partial charge on any atom is 0.216 e. The second-order valence-corrected chi connectivity index (χ2v) is 22.3. The van der Waals surface area contributed by atoms with Crippen LogP contribution in [0.25, 0.3) is 48.9 Å². The lowest BCUT2D eigenvalue weighted by Crippen LogP contribution is -2.45. The molecule has 0 bridgehead atoms. The number of rotatable bonds is 3. The Balaban J connectivity index is 1.95. The van der Waals surface area contributed by atoms with Crippen molar-refractivity contribution in [2.75, 3.05) is 0 Å². The second-order valence-electron chi connectivity index (χ2n) is 12.2. The van der Waals surface area contributed by atoms with Crippen molar-refractivity contribution in [1.29, 1.82) is 0 Å². The highest BCUT2D eigenvalue weighted by molar-refractivity contribution is 6.90. The monoisotopic (exact) mass is 507 g/mol. The van der Waals surface area contributed by atoms with Crippen molar-refractivity contribution in [2.45, 2.75) is 53.1 Å². The zero-order valence-corrected chi connectivity index (χ0v) is 24.9. The average molecular weight is 508 g/mol. The van der Waals surface area contributed by atoms with Gasteiger partial charge in [-0.2, -0.15) is 4.57 Å². The van der Waals surface area contributed by atoms with E-state index in [0.29, 0.717) is 5.69 Å². The zero-order chi connectivity index (χ0) is 26.2. The third-order valence-electron chi connectivity index (χ3n) is 7.62. The van der Waals surface area contributed by atoms with Gasteiger partial charge < -0.3 is 4.42 Å². The number of pyridine rings is 1. The fraction of sp³-hybridized carbons (Fsp3) is 0.290. The molecule has 3 aromatic carbocycles. The van der Waals surface area contributed by atoms with Crippen LogP contribution in [0, 0.1) is 20.4 Å². The second kappa shape index (κ2) is 8.16. The van der Waals surface area contributed by atoms with Crippen molar-refractivity contribution in [2.24, 2.45) is 7.05 Å². The van der Waals surface area contributed by atoms with Gasteiger partial charge in [0.1, 0.15) is 18.2 Å². The molecule has 0 spiro atoms. The fourth-order valence-corrected chi connectivity index (χ4v) is 8.05. The van der Waals surface area contributed by atoms with Gasteiger partial charge in [-0.25, -0.2) is 4.85 Å². The predicted molar refractivity (Wildman–Crippen MR) is 160 cm³/mol. The summed E-state index contributed by atoms with van der Waals surface area (Å²) in [5, 5.41) is 6.51. The Bertz CT molecular complexity index is 1740. The van der Waals surface area contributed by atoms with E-state index in [1.807, 2.05) is 18.2 Å². The quantitative estimate of drug-likeness (QED) is 0.141. The number of benzene rings is 3. The summed E-state index contributed by atoms with van der Waals surface area (Å²) in [7, 11) is -0.928. The van der Waals surface area contributed by atoms with Gasteiger partial charge >= 0.3 is 0 Å². The first-order valence-electron chi connectivity index (χ1n) is 12.6. The molecule has 2 heterocycles. The first kappa shape index (κ1) is 24.5. The van der Waals surface area contributed by atoms with Gasteiger partial charge in [-0.1, -0.05) is 62.7 Å². The van der Waals surface area contributed by atoms with Crippen LogP contribution in [0.15, 0.2) is 52.9 Å². The molecule has 182 valence electrons. The molecule has 0 radical (unpaired) electrons. The molecular weight excluding hydrogens is 473 g/mol. The number of aryl methyl sites for hydroxylation is 2. The van der Waals surface area contributed by atoms with E-state index in [2.05, 4.69) is 99.9 Å². The molecule has 5 aromatic rings. The normalized spacial score (nSPS) is 12.6. The molecule has 0 unspecified atom stereocenters. The molecule has 5 heteroatoms. The van der Waals surface area contributed by atoms with Gasteiger partial charge in [0.25, 0.3) is 0 Å². The molecule has 0 saturated carbocycles. The van der Waals surface area contributed by atoms with E-state index in [1.165, 1.54) is 38.1 Å². The predicted octanol–water partition coefficient (Wildman–Crippen LogP) is 7.49. The van der Waals surface area contributed by atoms with E-state index < -0.39 is 16.1 Å². The van der Waals surface area contributed by atoms with Crippen molar-refractivity contribution >= 4 is 65.0 Å². The summed E-state index contributed by atoms with van der Waals surface area (Å²) < 4.78 is 8.92. The third-order valence-corrected chi connectivity index (χ3v) is 11.7. The van der Waals surface area contributed by atoms with Gasteiger partial charge in [-0.05, 0) is 48.4 Å². The number of nitrogens with zero attached hydrogens (tertiary/aromatic N) is 2. The summed E-state index contributed by atoms with van der Waals surface area (Å²) in [5.41, 5.74) is 8.44. The van der Waals surface area contributed by atoms with E-state index in [1.54, 1.807) is 0 Å². The highest BCUT2D eigenvalue weighted by Gasteiger charge is 2.30. The summed E-state index contributed by atoms with van der Waals surface area (Å²) in [6.45, 7) is 26.4. The lowest BCUT2D eigenvalue weighted by molar-refractivity contribution is -0.633. The molecule has 2 aromatic heterocycles. The number of fused-ring (bicyclic) bond motifs is 4. The van der Waals surface area contributed by atoms with Crippen LogP contribution in [-0.2, 0) is 7.05 Å². The summed E-state index contributed by atoms with van der Waals surface area (Å²) in [4.78, 5) is 3.62. The molecule has 0 aliphatic heterocycles. The van der Waals surface area contributed by atoms with E-state index >= 15 is 0 Å². The van der Waals surface area contributed by atoms with E-state index in [4.69, 9.17) is 11.0 Å². The number of aromatic nitrogens is 1. The van der Waals surface area contributed by atoms with Crippen LogP contribution < -0.4 is 14.9 Å². The van der Waals surface area contributed by atoms with Crippen LogP contribution in [0.3, 0.4) is 0 Å². The molecule has 0 fully saturated rings. The summed E-state index contributed by atoms with van der Waals surface area (Å²) in [6.07, 6.45) is 0. The largest absolute Gasteiger partial charge is 0.456 e. The molecule has 5 rings (SSSR count). The van der Waals surface area contributed by atoms with E-state index in [9.17, 15) is 0 Å². The van der Waals surface area contributed by atoms with E-state index in [-0.39, 0.29) is 0 Å². The van der Waals surface area contributed by atoms with Crippen molar-refractivity contribution in [3.63, 3.8) is 0 Å². The fourth-order valence-electron chi connectivity index (χ4n) is 5.31. The van der Waals surface area contributed by atoms with E-state index in [0.717, 1.165) is 27.5 Å². The van der Waals surface area contributed by atoms with Crippen LogP contribution in [0.4, 0.5) is 5.69 Å². The first-order chi connectivity index (χ1) is 16.8. The molecule has 0 atom stereocenters.